The van der Waals surface area contributed by atoms with E-state index in [1.165, 1.54) is 37.5 Å². The van der Waals surface area contributed by atoms with E-state index < -0.39 is 23.6 Å². The van der Waals surface area contributed by atoms with E-state index >= 15 is 0 Å². The number of anilines is 1. The standard InChI is InChI=1S/C26H31F3N2O3/c1-3-8-22(19-9-7-10-20(17-19)26(27,28)29)25(32)30-21-11-12-23(33-2)24(18-21)34-16-15-31-13-5-4-6-14-31/h3,7,9-12,17-18,22H,1,4-6,8,13-16H2,2H3,(H,30,32). The molecule has 0 aliphatic carbocycles. The first kappa shape index (κ1) is 25.6. The minimum Gasteiger partial charge on any atom is -0.493 e. The highest BCUT2D eigenvalue weighted by Gasteiger charge is 2.31. The van der Waals surface area contributed by atoms with E-state index in [1.807, 2.05) is 0 Å². The maximum atomic E-state index is 13.2. The number of hydrogen-bond acceptors (Lipinski definition) is 4. The summed E-state index contributed by atoms with van der Waals surface area (Å²) in [5, 5.41) is 2.80. The Morgan fingerprint density at radius 1 is 1.15 bits per heavy atom. The number of nitrogens with one attached hydrogen (secondary N) is 1. The number of allylic oxidation sites excluding steroid dienone is 1. The first-order valence-electron chi connectivity index (χ1n) is 11.4. The van der Waals surface area contributed by atoms with Gasteiger partial charge in [0.15, 0.2) is 11.5 Å². The molecule has 0 aromatic heterocycles. The molecule has 1 aliphatic rings. The van der Waals surface area contributed by atoms with Gasteiger partial charge in [0.1, 0.15) is 6.61 Å². The van der Waals surface area contributed by atoms with Crippen molar-refractivity contribution >= 4 is 11.6 Å². The molecular weight excluding hydrogens is 445 g/mol. The molecule has 0 saturated carbocycles. The number of alkyl halides is 3. The van der Waals surface area contributed by atoms with Crippen LogP contribution in [0.5, 0.6) is 11.5 Å². The van der Waals surface area contributed by atoms with Crippen LogP contribution < -0.4 is 14.8 Å². The monoisotopic (exact) mass is 476 g/mol. The van der Waals surface area contributed by atoms with Crippen molar-refractivity contribution in [2.24, 2.45) is 0 Å². The molecule has 0 spiro atoms. The average Bonchev–Trinajstić information content (AvgIpc) is 2.83. The summed E-state index contributed by atoms with van der Waals surface area (Å²) in [4.78, 5) is 15.4. The Hall–Kier alpha value is -3.00. The Kier molecular flexibility index (Phi) is 8.98. The highest BCUT2D eigenvalue weighted by Crippen LogP contribution is 2.34. The second-order valence-corrected chi connectivity index (χ2v) is 8.31. The molecule has 2 aromatic rings. The van der Waals surface area contributed by atoms with Gasteiger partial charge in [-0.05, 0) is 56.1 Å². The lowest BCUT2D eigenvalue weighted by molar-refractivity contribution is -0.137. The SMILES string of the molecule is C=CCC(C(=O)Nc1ccc(OC)c(OCCN2CCCCC2)c1)c1cccc(C(F)(F)F)c1. The fourth-order valence-electron chi connectivity index (χ4n) is 4.06. The van der Waals surface area contributed by atoms with Crippen LogP contribution in [-0.4, -0.2) is 44.2 Å². The number of methoxy groups -OCH3 is 1. The van der Waals surface area contributed by atoms with Gasteiger partial charge in [-0.25, -0.2) is 0 Å². The summed E-state index contributed by atoms with van der Waals surface area (Å²) in [6.45, 7) is 7.07. The number of rotatable bonds is 10. The van der Waals surface area contributed by atoms with Gasteiger partial charge in [-0.15, -0.1) is 6.58 Å². The van der Waals surface area contributed by atoms with E-state index in [4.69, 9.17) is 9.47 Å². The van der Waals surface area contributed by atoms with E-state index in [9.17, 15) is 18.0 Å². The van der Waals surface area contributed by atoms with Crippen molar-refractivity contribution in [1.82, 2.24) is 4.90 Å². The summed E-state index contributed by atoms with van der Waals surface area (Å²) >= 11 is 0. The van der Waals surface area contributed by atoms with Crippen LogP contribution in [0.25, 0.3) is 0 Å². The van der Waals surface area contributed by atoms with Crippen molar-refractivity contribution in [3.8, 4) is 11.5 Å². The quantitative estimate of drug-likeness (QED) is 0.436. The van der Waals surface area contributed by atoms with E-state index in [-0.39, 0.29) is 12.0 Å². The van der Waals surface area contributed by atoms with Gasteiger partial charge in [-0.3, -0.25) is 9.69 Å². The molecule has 1 atom stereocenters. The molecule has 1 fully saturated rings. The number of nitrogens with zero attached hydrogens (tertiary/aromatic N) is 1. The normalized spacial score (nSPS) is 15.4. The molecule has 1 amide bonds. The van der Waals surface area contributed by atoms with Crippen LogP contribution in [0.15, 0.2) is 55.1 Å². The van der Waals surface area contributed by atoms with Crippen LogP contribution in [-0.2, 0) is 11.0 Å². The van der Waals surface area contributed by atoms with Crippen molar-refractivity contribution in [3.63, 3.8) is 0 Å². The average molecular weight is 477 g/mol. The van der Waals surface area contributed by atoms with Crippen molar-refractivity contribution in [2.75, 3.05) is 38.7 Å². The number of amides is 1. The molecule has 0 bridgehead atoms. The Morgan fingerprint density at radius 2 is 1.91 bits per heavy atom. The van der Waals surface area contributed by atoms with Crippen LogP contribution in [0.2, 0.25) is 0 Å². The lowest BCUT2D eigenvalue weighted by Gasteiger charge is -2.26. The van der Waals surface area contributed by atoms with Crippen molar-refractivity contribution < 1.29 is 27.4 Å². The Morgan fingerprint density at radius 3 is 2.59 bits per heavy atom. The summed E-state index contributed by atoms with van der Waals surface area (Å²) in [6, 6.07) is 9.86. The number of halogens is 3. The van der Waals surface area contributed by atoms with Gasteiger partial charge in [0.2, 0.25) is 5.91 Å². The minimum absolute atomic E-state index is 0.197. The Balaban J connectivity index is 1.71. The molecule has 1 heterocycles. The molecule has 8 heteroatoms. The van der Waals surface area contributed by atoms with Gasteiger partial charge >= 0.3 is 6.18 Å². The highest BCUT2D eigenvalue weighted by molar-refractivity contribution is 5.96. The zero-order valence-corrected chi connectivity index (χ0v) is 19.4. The first-order valence-corrected chi connectivity index (χ1v) is 11.4. The van der Waals surface area contributed by atoms with Gasteiger partial charge < -0.3 is 14.8 Å². The van der Waals surface area contributed by atoms with Crippen LogP contribution in [0.1, 0.15) is 42.7 Å². The molecule has 3 rings (SSSR count). The molecule has 1 N–H and O–H groups in total. The predicted molar refractivity (Wildman–Crippen MR) is 126 cm³/mol. The fourth-order valence-corrected chi connectivity index (χ4v) is 4.06. The Bertz CT molecular complexity index is 972. The number of likely N-dealkylation sites (tertiary alicyclic amines) is 1. The van der Waals surface area contributed by atoms with Gasteiger partial charge in [-0.1, -0.05) is 30.7 Å². The summed E-state index contributed by atoms with van der Waals surface area (Å²) < 4.78 is 50.8. The smallest absolute Gasteiger partial charge is 0.416 e. The maximum absolute atomic E-state index is 13.2. The van der Waals surface area contributed by atoms with Crippen LogP contribution in [0.4, 0.5) is 18.9 Å². The number of hydrogen-bond donors (Lipinski definition) is 1. The number of piperidine rings is 1. The van der Waals surface area contributed by atoms with Crippen LogP contribution in [0.3, 0.4) is 0 Å². The third-order valence-corrected chi connectivity index (χ3v) is 5.88. The number of benzene rings is 2. The summed E-state index contributed by atoms with van der Waals surface area (Å²) in [5.41, 5.74) is -0.0424. The van der Waals surface area contributed by atoms with E-state index in [0.29, 0.717) is 23.8 Å². The zero-order chi connectivity index (χ0) is 24.6. The van der Waals surface area contributed by atoms with Crippen molar-refractivity contribution in [3.05, 3.63) is 66.2 Å². The first-order chi connectivity index (χ1) is 16.3. The second-order valence-electron chi connectivity index (χ2n) is 8.31. The fraction of sp³-hybridized carbons (Fsp3) is 0.423. The lowest BCUT2D eigenvalue weighted by atomic mass is 9.93. The van der Waals surface area contributed by atoms with Gasteiger partial charge in [0, 0.05) is 18.3 Å². The van der Waals surface area contributed by atoms with E-state index in [2.05, 4.69) is 16.8 Å². The second kappa shape index (κ2) is 11.9. The largest absolute Gasteiger partial charge is 0.493 e. The van der Waals surface area contributed by atoms with Crippen LogP contribution in [0, 0.1) is 0 Å². The Labute approximate surface area is 198 Å². The minimum atomic E-state index is -4.48. The summed E-state index contributed by atoms with van der Waals surface area (Å²) in [5.74, 6) is -0.206. The van der Waals surface area contributed by atoms with Gasteiger partial charge in [-0.2, -0.15) is 13.2 Å². The molecule has 2 aromatic carbocycles. The molecule has 1 unspecified atom stereocenters. The van der Waals surface area contributed by atoms with Crippen LogP contribution >= 0.6 is 0 Å². The molecule has 5 nitrogen and oxygen atoms in total. The van der Waals surface area contributed by atoms with E-state index in [1.54, 1.807) is 25.3 Å². The molecule has 184 valence electrons. The molecule has 1 saturated heterocycles. The molecule has 0 radical (unpaired) electrons. The number of carbonyl (C=O) groups excluding carboxylic acids is 1. The topological polar surface area (TPSA) is 50.8 Å². The van der Waals surface area contributed by atoms with Gasteiger partial charge in [0.25, 0.3) is 0 Å². The maximum Gasteiger partial charge on any atom is 0.416 e. The van der Waals surface area contributed by atoms with E-state index in [0.717, 1.165) is 31.8 Å². The molecular formula is C26H31F3N2O3. The number of carbonyl (C=O) groups is 1. The number of ether oxygens (including phenoxy) is 2. The zero-order valence-electron chi connectivity index (χ0n) is 19.4. The van der Waals surface area contributed by atoms with Crippen molar-refractivity contribution in [1.29, 1.82) is 0 Å². The van der Waals surface area contributed by atoms with Crippen molar-refractivity contribution in [2.45, 2.75) is 37.8 Å². The third kappa shape index (κ3) is 7.00. The van der Waals surface area contributed by atoms with Gasteiger partial charge in [0.05, 0.1) is 18.6 Å². The lowest BCUT2D eigenvalue weighted by Crippen LogP contribution is -2.33. The summed E-state index contributed by atoms with van der Waals surface area (Å²) in [7, 11) is 1.54. The summed E-state index contributed by atoms with van der Waals surface area (Å²) in [6.07, 6.45) is 0.892. The molecule has 1 aliphatic heterocycles. The predicted octanol–water partition coefficient (Wildman–Crippen LogP) is 5.88. The highest BCUT2D eigenvalue weighted by atomic mass is 19.4. The molecule has 34 heavy (non-hydrogen) atoms. The third-order valence-electron chi connectivity index (χ3n) is 5.88.